The molecular formula is C16H21BrClN3. The monoisotopic (exact) mass is 369 g/mol. The zero-order chi connectivity index (χ0) is 14.8. The third kappa shape index (κ3) is 3.27. The molecule has 21 heavy (non-hydrogen) atoms. The molecule has 3 nitrogen and oxygen atoms in total. The van der Waals surface area contributed by atoms with Crippen molar-refractivity contribution in [2.24, 2.45) is 0 Å². The van der Waals surface area contributed by atoms with Gasteiger partial charge in [0.1, 0.15) is 5.82 Å². The van der Waals surface area contributed by atoms with Crippen molar-refractivity contribution in [1.82, 2.24) is 14.5 Å². The molecule has 1 aliphatic rings. The first kappa shape index (κ1) is 15.3. The van der Waals surface area contributed by atoms with Gasteiger partial charge in [0, 0.05) is 29.4 Å². The van der Waals surface area contributed by atoms with Gasteiger partial charge in [-0.15, -0.1) is 11.6 Å². The van der Waals surface area contributed by atoms with Crippen LogP contribution in [-0.4, -0.2) is 40.0 Å². The molecule has 0 radical (unpaired) electrons. The van der Waals surface area contributed by atoms with Gasteiger partial charge >= 0.3 is 0 Å². The van der Waals surface area contributed by atoms with Crippen LogP contribution in [0.4, 0.5) is 0 Å². The number of fused-ring (bicyclic) bond motifs is 1. The maximum atomic E-state index is 5.97. The maximum Gasteiger partial charge on any atom is 0.111 e. The van der Waals surface area contributed by atoms with Gasteiger partial charge in [-0.1, -0.05) is 15.9 Å². The van der Waals surface area contributed by atoms with Crippen molar-refractivity contribution in [2.45, 2.75) is 32.2 Å². The van der Waals surface area contributed by atoms with E-state index in [1.807, 2.05) is 0 Å². The Morgan fingerprint density at radius 1 is 1.33 bits per heavy atom. The van der Waals surface area contributed by atoms with Crippen LogP contribution in [0.15, 0.2) is 22.7 Å². The highest BCUT2D eigenvalue weighted by molar-refractivity contribution is 9.10. The van der Waals surface area contributed by atoms with E-state index in [4.69, 9.17) is 16.6 Å². The highest BCUT2D eigenvalue weighted by atomic mass is 79.9. The molecule has 1 aromatic heterocycles. The fourth-order valence-corrected chi connectivity index (χ4v) is 3.81. The quantitative estimate of drug-likeness (QED) is 0.734. The lowest BCUT2D eigenvalue weighted by molar-refractivity contribution is 0.288. The number of alkyl halides is 1. The molecule has 0 N–H and O–H groups in total. The molecule has 2 heterocycles. The Labute approximate surface area is 139 Å². The van der Waals surface area contributed by atoms with Crippen molar-refractivity contribution in [3.05, 3.63) is 28.5 Å². The second kappa shape index (κ2) is 6.67. The highest BCUT2D eigenvalue weighted by Crippen LogP contribution is 2.26. The first-order valence-electron chi connectivity index (χ1n) is 7.63. The van der Waals surface area contributed by atoms with E-state index in [1.165, 1.54) is 31.4 Å². The Morgan fingerprint density at radius 2 is 2.10 bits per heavy atom. The summed E-state index contributed by atoms with van der Waals surface area (Å²) >= 11 is 9.54. The third-order valence-electron chi connectivity index (χ3n) is 4.20. The summed E-state index contributed by atoms with van der Waals surface area (Å²) in [5, 5.41) is 0. The van der Waals surface area contributed by atoms with Crippen LogP contribution < -0.4 is 0 Å². The summed E-state index contributed by atoms with van der Waals surface area (Å²) in [6.07, 6.45) is 3.48. The summed E-state index contributed by atoms with van der Waals surface area (Å²) < 4.78 is 3.47. The van der Waals surface area contributed by atoms with Crippen molar-refractivity contribution >= 4 is 38.6 Å². The van der Waals surface area contributed by atoms with Gasteiger partial charge in [0.25, 0.3) is 0 Å². The van der Waals surface area contributed by atoms with Gasteiger partial charge in [0.05, 0.1) is 11.0 Å². The molecule has 2 aromatic rings. The Morgan fingerprint density at radius 3 is 2.81 bits per heavy atom. The largest absolute Gasteiger partial charge is 0.324 e. The van der Waals surface area contributed by atoms with E-state index < -0.39 is 0 Å². The number of benzene rings is 1. The molecule has 1 saturated heterocycles. The molecular weight excluding hydrogens is 350 g/mol. The first-order valence-corrected chi connectivity index (χ1v) is 8.96. The van der Waals surface area contributed by atoms with Crippen molar-refractivity contribution in [3.8, 4) is 0 Å². The van der Waals surface area contributed by atoms with Crippen LogP contribution in [0.2, 0.25) is 0 Å². The van der Waals surface area contributed by atoms with Crippen molar-refractivity contribution < 1.29 is 0 Å². The van der Waals surface area contributed by atoms with E-state index in [2.05, 4.69) is 50.5 Å². The highest BCUT2D eigenvalue weighted by Gasteiger charge is 2.20. The minimum absolute atomic E-state index is 0.417. The molecule has 0 bridgehead atoms. The van der Waals surface area contributed by atoms with E-state index in [0.717, 1.165) is 28.8 Å². The van der Waals surface area contributed by atoms with Crippen molar-refractivity contribution in [1.29, 1.82) is 0 Å². The lowest BCUT2D eigenvalue weighted by Crippen LogP contribution is -2.28. The molecule has 114 valence electrons. The molecule has 5 heteroatoms. The molecule has 1 atom stereocenters. The number of imidazole rings is 1. The maximum absolute atomic E-state index is 5.97. The van der Waals surface area contributed by atoms with Gasteiger partial charge < -0.3 is 9.47 Å². The molecule has 0 spiro atoms. The number of aryl methyl sites for hydroxylation is 1. The Balaban J connectivity index is 1.96. The standard InChI is InChI=1S/C16H21BrClN3/c1-12(11-20-8-2-3-9-20)21-15-10-13(17)4-5-14(15)19-16(21)6-7-18/h4-5,10,12H,2-3,6-9,11H2,1H3. The van der Waals surface area contributed by atoms with Crippen LogP contribution in [0.3, 0.4) is 0 Å². The molecule has 1 unspecified atom stereocenters. The van der Waals surface area contributed by atoms with Gasteiger partial charge in [-0.25, -0.2) is 4.98 Å². The molecule has 3 rings (SSSR count). The van der Waals surface area contributed by atoms with Gasteiger partial charge in [0.15, 0.2) is 0 Å². The number of aromatic nitrogens is 2. The minimum Gasteiger partial charge on any atom is -0.324 e. The SMILES string of the molecule is CC(CN1CCCC1)n1c(CCCl)nc2ccc(Br)cc21. The molecule has 0 amide bonds. The van der Waals surface area contributed by atoms with Gasteiger partial charge in [-0.3, -0.25) is 0 Å². The van der Waals surface area contributed by atoms with E-state index in [9.17, 15) is 0 Å². The number of nitrogens with zero attached hydrogens (tertiary/aromatic N) is 3. The van der Waals surface area contributed by atoms with Crippen LogP contribution in [0, 0.1) is 0 Å². The lowest BCUT2D eigenvalue weighted by atomic mass is 10.2. The smallest absolute Gasteiger partial charge is 0.111 e. The molecule has 1 aromatic carbocycles. The second-order valence-electron chi connectivity index (χ2n) is 5.83. The van der Waals surface area contributed by atoms with Crippen LogP contribution in [0.25, 0.3) is 11.0 Å². The summed E-state index contributed by atoms with van der Waals surface area (Å²) in [7, 11) is 0. The summed E-state index contributed by atoms with van der Waals surface area (Å²) in [5.74, 6) is 1.71. The molecule has 0 aliphatic carbocycles. The normalized spacial score (nSPS) is 17.7. The zero-order valence-corrected chi connectivity index (χ0v) is 14.7. The van der Waals surface area contributed by atoms with E-state index in [-0.39, 0.29) is 0 Å². The first-order chi connectivity index (χ1) is 10.2. The van der Waals surface area contributed by atoms with Crippen molar-refractivity contribution in [3.63, 3.8) is 0 Å². The Bertz CT molecular complexity index is 619. The second-order valence-corrected chi connectivity index (χ2v) is 7.12. The average molecular weight is 371 g/mol. The fourth-order valence-electron chi connectivity index (χ4n) is 3.29. The number of likely N-dealkylation sites (tertiary alicyclic amines) is 1. The number of hydrogen-bond acceptors (Lipinski definition) is 2. The summed E-state index contributed by atoms with van der Waals surface area (Å²) in [5.41, 5.74) is 2.27. The minimum atomic E-state index is 0.417. The number of halogens is 2. The summed E-state index contributed by atoms with van der Waals surface area (Å²) in [4.78, 5) is 7.33. The van der Waals surface area contributed by atoms with Crippen LogP contribution in [-0.2, 0) is 6.42 Å². The van der Waals surface area contributed by atoms with Gasteiger partial charge in [-0.05, 0) is 51.1 Å². The van der Waals surface area contributed by atoms with Crippen molar-refractivity contribution in [2.75, 3.05) is 25.5 Å². The zero-order valence-electron chi connectivity index (χ0n) is 12.4. The predicted octanol–water partition coefficient (Wildman–Crippen LogP) is 4.24. The molecule has 1 aliphatic heterocycles. The number of rotatable bonds is 5. The Kier molecular flexibility index (Phi) is 4.87. The van der Waals surface area contributed by atoms with E-state index >= 15 is 0 Å². The van der Waals surface area contributed by atoms with Crippen LogP contribution >= 0.6 is 27.5 Å². The molecule has 0 saturated carbocycles. The fraction of sp³-hybridized carbons (Fsp3) is 0.562. The van der Waals surface area contributed by atoms with Gasteiger partial charge in [0.2, 0.25) is 0 Å². The number of hydrogen-bond donors (Lipinski definition) is 0. The van der Waals surface area contributed by atoms with E-state index in [0.29, 0.717) is 11.9 Å². The summed E-state index contributed by atoms with van der Waals surface area (Å²) in [6.45, 7) is 5.84. The summed E-state index contributed by atoms with van der Waals surface area (Å²) in [6, 6.07) is 6.71. The Hall–Kier alpha value is -0.580. The van der Waals surface area contributed by atoms with Crippen LogP contribution in [0.5, 0.6) is 0 Å². The molecule has 1 fully saturated rings. The van der Waals surface area contributed by atoms with E-state index in [1.54, 1.807) is 0 Å². The topological polar surface area (TPSA) is 21.1 Å². The lowest BCUT2D eigenvalue weighted by Gasteiger charge is -2.23. The van der Waals surface area contributed by atoms with Gasteiger partial charge in [-0.2, -0.15) is 0 Å². The average Bonchev–Trinajstić information content (AvgIpc) is 3.06. The van der Waals surface area contributed by atoms with Crippen LogP contribution in [0.1, 0.15) is 31.6 Å². The predicted molar refractivity (Wildman–Crippen MR) is 92.2 cm³/mol. The third-order valence-corrected chi connectivity index (χ3v) is 4.89.